The van der Waals surface area contributed by atoms with Crippen molar-refractivity contribution in [3.63, 3.8) is 0 Å². The Bertz CT molecular complexity index is 409. The minimum absolute atomic E-state index is 0.232. The van der Waals surface area contributed by atoms with Crippen LogP contribution in [-0.4, -0.2) is 11.2 Å². The topological polar surface area (TPSA) is 40.9 Å². The van der Waals surface area contributed by atoms with Gasteiger partial charge in [0.1, 0.15) is 0 Å². The monoisotopic (exact) mass is 271 g/mol. The van der Waals surface area contributed by atoms with E-state index in [2.05, 4.69) is 15.9 Å². The van der Waals surface area contributed by atoms with Gasteiger partial charge in [0.15, 0.2) is 5.78 Å². The summed E-state index contributed by atoms with van der Waals surface area (Å²) in [4.78, 5) is 11.6. The van der Waals surface area contributed by atoms with Gasteiger partial charge >= 0.3 is 0 Å². The van der Waals surface area contributed by atoms with Crippen LogP contribution in [0.2, 0.25) is 0 Å². The first kappa shape index (κ1) is 11.2. The summed E-state index contributed by atoms with van der Waals surface area (Å²) in [7, 11) is 0. The Morgan fingerprint density at radius 3 is 2.79 bits per heavy atom. The molecular weight excluding hydrogens is 265 g/mol. The molecular formula is C10H7BrClNO. The highest BCUT2D eigenvalue weighted by molar-refractivity contribution is 9.10. The van der Waals surface area contributed by atoms with Gasteiger partial charge in [0.25, 0.3) is 0 Å². The molecule has 0 amide bonds. The van der Waals surface area contributed by atoms with E-state index < -0.39 is 5.38 Å². The Morgan fingerprint density at radius 2 is 2.29 bits per heavy atom. The van der Waals surface area contributed by atoms with Crippen molar-refractivity contribution in [2.75, 3.05) is 0 Å². The Balaban J connectivity index is 3.26. The molecule has 1 aromatic carbocycles. The molecule has 4 heteroatoms. The molecule has 14 heavy (non-hydrogen) atoms. The summed E-state index contributed by atoms with van der Waals surface area (Å²) in [5, 5.41) is 8.16. The van der Waals surface area contributed by atoms with E-state index in [9.17, 15) is 4.79 Å². The molecule has 0 spiro atoms. The first-order valence-corrected chi connectivity index (χ1v) is 5.17. The molecule has 0 aliphatic rings. The van der Waals surface area contributed by atoms with Gasteiger partial charge in [-0.15, -0.1) is 11.6 Å². The van der Waals surface area contributed by atoms with E-state index in [-0.39, 0.29) is 5.78 Å². The van der Waals surface area contributed by atoms with Gasteiger partial charge in [-0.3, -0.25) is 4.79 Å². The maximum absolute atomic E-state index is 11.6. The summed E-state index contributed by atoms with van der Waals surface area (Å²) in [5.74, 6) is -0.232. The van der Waals surface area contributed by atoms with Gasteiger partial charge in [0, 0.05) is 10.0 Å². The molecule has 1 aromatic rings. The van der Waals surface area contributed by atoms with Crippen LogP contribution >= 0.6 is 27.5 Å². The Labute approximate surface area is 95.6 Å². The van der Waals surface area contributed by atoms with E-state index in [4.69, 9.17) is 16.9 Å². The van der Waals surface area contributed by atoms with Gasteiger partial charge < -0.3 is 0 Å². The molecule has 0 aliphatic carbocycles. The molecule has 72 valence electrons. The number of carbonyl (C=O) groups is 1. The van der Waals surface area contributed by atoms with Crippen molar-refractivity contribution in [1.29, 1.82) is 5.26 Å². The third-order valence-electron chi connectivity index (χ3n) is 1.73. The zero-order valence-electron chi connectivity index (χ0n) is 7.42. The number of alkyl halides is 1. The van der Waals surface area contributed by atoms with Crippen LogP contribution in [0.3, 0.4) is 0 Å². The molecule has 2 nitrogen and oxygen atoms in total. The molecule has 0 bridgehead atoms. The summed E-state index contributed by atoms with van der Waals surface area (Å²) in [6.45, 7) is 1.59. The van der Waals surface area contributed by atoms with Crippen LogP contribution in [0.15, 0.2) is 22.7 Å². The third kappa shape index (κ3) is 2.34. The molecule has 0 heterocycles. The molecule has 1 rings (SSSR count). The molecule has 0 saturated heterocycles. The number of nitriles is 1. The van der Waals surface area contributed by atoms with Gasteiger partial charge in [-0.25, -0.2) is 0 Å². The predicted octanol–water partition coefficient (Wildman–Crippen LogP) is 3.13. The third-order valence-corrected chi connectivity index (χ3v) is 2.42. The average Bonchev–Trinajstić information content (AvgIpc) is 2.16. The quantitative estimate of drug-likeness (QED) is 0.613. The van der Waals surface area contributed by atoms with Gasteiger partial charge in [-0.05, 0) is 25.1 Å². The standard InChI is InChI=1S/C10H7BrClNO/c1-6(12)10(14)9-4-8(11)3-2-7(9)5-13/h2-4,6H,1H3. The lowest BCUT2D eigenvalue weighted by Crippen LogP contribution is -2.12. The molecule has 0 aliphatic heterocycles. The van der Waals surface area contributed by atoms with Crippen molar-refractivity contribution in [1.82, 2.24) is 0 Å². The Morgan fingerprint density at radius 1 is 1.64 bits per heavy atom. The van der Waals surface area contributed by atoms with Crippen LogP contribution in [0, 0.1) is 11.3 Å². The fourth-order valence-corrected chi connectivity index (χ4v) is 1.51. The fourth-order valence-electron chi connectivity index (χ4n) is 1.03. The molecule has 0 N–H and O–H groups in total. The number of hydrogen-bond donors (Lipinski definition) is 0. The summed E-state index contributed by atoms with van der Waals surface area (Å²) < 4.78 is 0.761. The Hall–Kier alpha value is -0.850. The molecule has 1 unspecified atom stereocenters. The van der Waals surface area contributed by atoms with Gasteiger partial charge in [0.05, 0.1) is 17.0 Å². The van der Waals surface area contributed by atoms with Crippen molar-refractivity contribution >= 4 is 33.3 Å². The predicted molar refractivity (Wildman–Crippen MR) is 58.5 cm³/mol. The first-order chi connectivity index (χ1) is 6.56. The summed E-state index contributed by atoms with van der Waals surface area (Å²) in [5.41, 5.74) is 0.718. The van der Waals surface area contributed by atoms with E-state index in [1.807, 2.05) is 6.07 Å². The largest absolute Gasteiger partial charge is 0.292 e. The lowest BCUT2D eigenvalue weighted by atomic mass is 10.0. The fraction of sp³-hybridized carbons (Fsp3) is 0.200. The minimum atomic E-state index is -0.614. The highest BCUT2D eigenvalue weighted by Crippen LogP contribution is 2.18. The lowest BCUT2D eigenvalue weighted by molar-refractivity contribution is 0.0991. The van der Waals surface area contributed by atoms with E-state index >= 15 is 0 Å². The van der Waals surface area contributed by atoms with Crippen molar-refractivity contribution < 1.29 is 4.79 Å². The summed E-state index contributed by atoms with van der Waals surface area (Å²) in [6, 6.07) is 6.88. The van der Waals surface area contributed by atoms with Gasteiger partial charge in [0.2, 0.25) is 0 Å². The maximum Gasteiger partial charge on any atom is 0.181 e. The molecule has 0 radical (unpaired) electrons. The summed E-state index contributed by atoms with van der Waals surface area (Å²) in [6.07, 6.45) is 0. The number of benzene rings is 1. The van der Waals surface area contributed by atoms with E-state index in [0.29, 0.717) is 11.1 Å². The van der Waals surface area contributed by atoms with Gasteiger partial charge in [-0.2, -0.15) is 5.26 Å². The zero-order valence-corrected chi connectivity index (χ0v) is 9.76. The highest BCUT2D eigenvalue weighted by Gasteiger charge is 2.16. The number of rotatable bonds is 2. The SMILES string of the molecule is CC(Cl)C(=O)c1cc(Br)ccc1C#N. The van der Waals surface area contributed by atoms with Crippen LogP contribution in [0.4, 0.5) is 0 Å². The van der Waals surface area contributed by atoms with Crippen LogP contribution in [-0.2, 0) is 0 Å². The number of Topliss-reactive ketones (excluding diaryl/α,β-unsaturated/α-hetero) is 1. The molecule has 1 atom stereocenters. The lowest BCUT2D eigenvalue weighted by Gasteiger charge is -2.04. The number of carbonyl (C=O) groups excluding carboxylic acids is 1. The van der Waals surface area contributed by atoms with Crippen LogP contribution in [0.5, 0.6) is 0 Å². The minimum Gasteiger partial charge on any atom is -0.292 e. The van der Waals surface area contributed by atoms with Crippen LogP contribution in [0.25, 0.3) is 0 Å². The highest BCUT2D eigenvalue weighted by atomic mass is 79.9. The zero-order chi connectivity index (χ0) is 10.7. The molecule has 0 aromatic heterocycles. The molecule has 0 saturated carbocycles. The second-order valence-corrected chi connectivity index (χ2v) is 4.35. The smallest absolute Gasteiger partial charge is 0.181 e. The van der Waals surface area contributed by atoms with E-state index in [1.54, 1.807) is 25.1 Å². The number of nitrogens with zero attached hydrogens (tertiary/aromatic N) is 1. The van der Waals surface area contributed by atoms with Crippen molar-refractivity contribution in [3.05, 3.63) is 33.8 Å². The van der Waals surface area contributed by atoms with Gasteiger partial charge in [-0.1, -0.05) is 15.9 Å². The number of ketones is 1. The second kappa shape index (κ2) is 4.59. The van der Waals surface area contributed by atoms with Crippen molar-refractivity contribution in [2.24, 2.45) is 0 Å². The average molecular weight is 273 g/mol. The van der Waals surface area contributed by atoms with Crippen molar-refractivity contribution in [3.8, 4) is 6.07 Å². The first-order valence-electron chi connectivity index (χ1n) is 3.94. The molecule has 0 fully saturated rings. The van der Waals surface area contributed by atoms with Crippen LogP contribution < -0.4 is 0 Å². The number of hydrogen-bond acceptors (Lipinski definition) is 2. The normalized spacial score (nSPS) is 11.9. The van der Waals surface area contributed by atoms with E-state index in [0.717, 1.165) is 4.47 Å². The van der Waals surface area contributed by atoms with Crippen LogP contribution in [0.1, 0.15) is 22.8 Å². The Kier molecular flexibility index (Phi) is 3.68. The second-order valence-electron chi connectivity index (χ2n) is 2.78. The number of halogens is 2. The van der Waals surface area contributed by atoms with Crippen molar-refractivity contribution in [2.45, 2.75) is 12.3 Å². The van der Waals surface area contributed by atoms with E-state index in [1.165, 1.54) is 0 Å². The maximum atomic E-state index is 11.6. The summed E-state index contributed by atoms with van der Waals surface area (Å²) >= 11 is 8.91.